The maximum atomic E-state index is 12.9. The van der Waals surface area contributed by atoms with Crippen LogP contribution in [0.2, 0.25) is 0 Å². The zero-order chi connectivity index (χ0) is 17.8. The molecule has 1 aromatic carbocycles. The van der Waals surface area contributed by atoms with Crippen molar-refractivity contribution in [2.45, 2.75) is 39.3 Å². The van der Waals surface area contributed by atoms with Crippen molar-refractivity contribution in [3.63, 3.8) is 0 Å². The van der Waals surface area contributed by atoms with Gasteiger partial charge in [0.15, 0.2) is 0 Å². The lowest BCUT2D eigenvalue weighted by Gasteiger charge is -2.15. The Morgan fingerprint density at radius 2 is 1.96 bits per heavy atom. The van der Waals surface area contributed by atoms with Crippen molar-refractivity contribution < 1.29 is 4.79 Å². The number of hydrogen-bond donors (Lipinski definition) is 1. The first-order chi connectivity index (χ1) is 12.1. The number of nitrogens with zero attached hydrogens (tertiary/aromatic N) is 2. The first-order valence-corrected chi connectivity index (χ1v) is 9.33. The number of amides is 1. The SMILES string of the molecule is CCC(CC)NC(=O)Cn1cnc2scc(-c3ccccc3)c2c1=O. The second-order valence-corrected chi connectivity index (χ2v) is 6.81. The number of hydrogen-bond acceptors (Lipinski definition) is 4. The molecule has 0 bridgehead atoms. The molecule has 0 atom stereocenters. The lowest BCUT2D eigenvalue weighted by Crippen LogP contribution is -2.38. The Kier molecular flexibility index (Phi) is 5.28. The molecule has 0 aliphatic rings. The summed E-state index contributed by atoms with van der Waals surface area (Å²) < 4.78 is 1.39. The van der Waals surface area contributed by atoms with Crippen molar-refractivity contribution in [3.05, 3.63) is 52.4 Å². The van der Waals surface area contributed by atoms with Gasteiger partial charge >= 0.3 is 0 Å². The first kappa shape index (κ1) is 17.4. The van der Waals surface area contributed by atoms with Gasteiger partial charge in [-0.05, 0) is 18.4 Å². The van der Waals surface area contributed by atoms with E-state index >= 15 is 0 Å². The van der Waals surface area contributed by atoms with E-state index in [9.17, 15) is 9.59 Å². The van der Waals surface area contributed by atoms with Crippen molar-refractivity contribution in [1.29, 1.82) is 0 Å². The van der Waals surface area contributed by atoms with Crippen molar-refractivity contribution in [1.82, 2.24) is 14.9 Å². The smallest absolute Gasteiger partial charge is 0.263 e. The minimum absolute atomic E-state index is 0.0116. The Hall–Kier alpha value is -2.47. The molecular weight excluding hydrogens is 334 g/mol. The van der Waals surface area contributed by atoms with Crippen LogP contribution in [0.5, 0.6) is 0 Å². The molecule has 6 heteroatoms. The van der Waals surface area contributed by atoms with Crippen molar-refractivity contribution in [3.8, 4) is 11.1 Å². The standard InChI is InChI=1S/C19H21N3O2S/c1-3-14(4-2)21-16(23)10-22-12-20-18-17(19(22)24)15(11-25-18)13-8-6-5-7-9-13/h5-9,11-12,14H,3-4,10H2,1-2H3,(H,21,23). The quantitative estimate of drug-likeness (QED) is 0.737. The second kappa shape index (κ2) is 7.61. The maximum Gasteiger partial charge on any atom is 0.263 e. The van der Waals surface area contributed by atoms with E-state index in [1.807, 2.05) is 49.6 Å². The highest BCUT2D eigenvalue weighted by Crippen LogP contribution is 2.30. The van der Waals surface area contributed by atoms with Gasteiger partial charge in [-0.15, -0.1) is 11.3 Å². The Morgan fingerprint density at radius 1 is 1.24 bits per heavy atom. The number of fused-ring (bicyclic) bond motifs is 1. The average Bonchev–Trinajstić information content (AvgIpc) is 3.07. The van der Waals surface area contributed by atoms with E-state index in [0.29, 0.717) is 10.2 Å². The third-order valence-electron chi connectivity index (χ3n) is 4.31. The average molecular weight is 355 g/mol. The maximum absolute atomic E-state index is 12.9. The van der Waals surface area contributed by atoms with Gasteiger partial charge in [0.25, 0.3) is 5.56 Å². The third-order valence-corrected chi connectivity index (χ3v) is 5.20. The number of carbonyl (C=O) groups excluding carboxylic acids is 1. The van der Waals surface area contributed by atoms with E-state index in [4.69, 9.17) is 0 Å². The summed E-state index contributed by atoms with van der Waals surface area (Å²) in [7, 11) is 0. The molecule has 2 aromatic heterocycles. The van der Waals surface area contributed by atoms with E-state index in [0.717, 1.165) is 24.0 Å². The van der Waals surface area contributed by atoms with Crippen LogP contribution in [0.3, 0.4) is 0 Å². The molecule has 25 heavy (non-hydrogen) atoms. The third kappa shape index (κ3) is 3.64. The predicted octanol–water partition coefficient (Wildman–Crippen LogP) is 3.43. The minimum atomic E-state index is -0.176. The molecule has 130 valence electrons. The summed E-state index contributed by atoms with van der Waals surface area (Å²) in [6.07, 6.45) is 3.20. The van der Waals surface area contributed by atoms with Crippen molar-refractivity contribution in [2.24, 2.45) is 0 Å². The number of thiophene rings is 1. The summed E-state index contributed by atoms with van der Waals surface area (Å²) >= 11 is 1.44. The highest BCUT2D eigenvalue weighted by molar-refractivity contribution is 7.17. The Morgan fingerprint density at radius 3 is 2.64 bits per heavy atom. The highest BCUT2D eigenvalue weighted by Gasteiger charge is 2.15. The van der Waals surface area contributed by atoms with Gasteiger partial charge < -0.3 is 5.32 Å². The molecule has 0 radical (unpaired) electrons. The lowest BCUT2D eigenvalue weighted by molar-refractivity contribution is -0.122. The Labute approximate surface area is 150 Å². The van der Waals surface area contributed by atoms with Gasteiger partial charge in [0.05, 0.1) is 11.7 Å². The zero-order valence-corrected chi connectivity index (χ0v) is 15.2. The molecule has 5 nitrogen and oxygen atoms in total. The molecule has 0 aliphatic heterocycles. The van der Waals surface area contributed by atoms with Crippen LogP contribution in [-0.4, -0.2) is 21.5 Å². The van der Waals surface area contributed by atoms with Gasteiger partial charge in [0.2, 0.25) is 5.91 Å². The van der Waals surface area contributed by atoms with Crippen LogP contribution in [0, 0.1) is 0 Å². The molecule has 3 aromatic rings. The summed E-state index contributed by atoms with van der Waals surface area (Å²) in [6, 6.07) is 9.90. The van der Waals surface area contributed by atoms with Gasteiger partial charge in [-0.1, -0.05) is 44.2 Å². The van der Waals surface area contributed by atoms with Gasteiger partial charge in [-0.2, -0.15) is 0 Å². The van der Waals surface area contributed by atoms with Crippen LogP contribution in [0.4, 0.5) is 0 Å². The Balaban J connectivity index is 1.95. The summed E-state index contributed by atoms with van der Waals surface area (Å²) in [6.45, 7) is 4.06. The molecule has 2 heterocycles. The fourth-order valence-corrected chi connectivity index (χ4v) is 3.74. The van der Waals surface area contributed by atoms with E-state index in [1.54, 1.807) is 0 Å². The van der Waals surface area contributed by atoms with Crippen LogP contribution in [0.1, 0.15) is 26.7 Å². The molecule has 1 amide bonds. The zero-order valence-electron chi connectivity index (χ0n) is 14.4. The molecular formula is C19H21N3O2S. The molecule has 0 fully saturated rings. The Bertz CT molecular complexity index is 927. The summed E-state index contributed by atoms with van der Waals surface area (Å²) in [5.41, 5.74) is 1.67. The van der Waals surface area contributed by atoms with E-state index in [2.05, 4.69) is 10.3 Å². The van der Waals surface area contributed by atoms with Crippen LogP contribution >= 0.6 is 11.3 Å². The summed E-state index contributed by atoms with van der Waals surface area (Å²) in [5, 5.41) is 5.48. The van der Waals surface area contributed by atoms with E-state index in [-0.39, 0.29) is 24.1 Å². The fourth-order valence-electron chi connectivity index (χ4n) is 2.83. The predicted molar refractivity (Wildman–Crippen MR) is 102 cm³/mol. The largest absolute Gasteiger partial charge is 0.352 e. The topological polar surface area (TPSA) is 64.0 Å². The van der Waals surface area contributed by atoms with Crippen molar-refractivity contribution in [2.75, 3.05) is 0 Å². The number of rotatable bonds is 6. The molecule has 0 spiro atoms. The number of aromatic nitrogens is 2. The summed E-state index contributed by atoms with van der Waals surface area (Å²) in [5.74, 6) is -0.159. The molecule has 0 unspecified atom stereocenters. The number of benzene rings is 1. The van der Waals surface area contributed by atoms with Crippen LogP contribution in [0.25, 0.3) is 21.3 Å². The monoisotopic (exact) mass is 355 g/mol. The first-order valence-electron chi connectivity index (χ1n) is 8.45. The normalized spacial score (nSPS) is 11.2. The van der Waals surface area contributed by atoms with Gasteiger partial charge in [0, 0.05) is 17.0 Å². The molecule has 0 saturated carbocycles. The van der Waals surface area contributed by atoms with Crippen LogP contribution in [0.15, 0.2) is 46.8 Å². The van der Waals surface area contributed by atoms with Crippen LogP contribution < -0.4 is 10.9 Å². The van der Waals surface area contributed by atoms with Crippen LogP contribution in [-0.2, 0) is 11.3 Å². The van der Waals surface area contributed by atoms with Gasteiger partial charge in [-0.3, -0.25) is 14.2 Å². The van der Waals surface area contributed by atoms with E-state index in [1.165, 1.54) is 22.2 Å². The van der Waals surface area contributed by atoms with Gasteiger partial charge in [-0.25, -0.2) is 4.98 Å². The second-order valence-electron chi connectivity index (χ2n) is 5.95. The van der Waals surface area contributed by atoms with Gasteiger partial charge in [0.1, 0.15) is 11.4 Å². The molecule has 0 aliphatic carbocycles. The molecule has 3 rings (SSSR count). The van der Waals surface area contributed by atoms with Crippen molar-refractivity contribution >= 4 is 27.5 Å². The molecule has 0 saturated heterocycles. The highest BCUT2D eigenvalue weighted by atomic mass is 32.1. The number of nitrogens with one attached hydrogen (secondary N) is 1. The number of carbonyl (C=O) groups is 1. The minimum Gasteiger partial charge on any atom is -0.352 e. The lowest BCUT2D eigenvalue weighted by atomic mass is 10.1. The fraction of sp³-hybridized carbons (Fsp3) is 0.316. The van der Waals surface area contributed by atoms with E-state index < -0.39 is 0 Å². The summed E-state index contributed by atoms with van der Waals surface area (Å²) in [4.78, 5) is 30.2. The molecule has 1 N–H and O–H groups in total.